The van der Waals surface area contributed by atoms with Crippen molar-refractivity contribution in [2.75, 3.05) is 12.4 Å². The zero-order valence-corrected chi connectivity index (χ0v) is 15.4. The summed E-state index contributed by atoms with van der Waals surface area (Å²) < 4.78 is 48.6. The number of halogens is 3. The predicted octanol–water partition coefficient (Wildman–Crippen LogP) is 0.232. The van der Waals surface area contributed by atoms with Crippen molar-refractivity contribution < 1.29 is 27.5 Å². The monoisotopic (exact) mass is 412 g/mol. The number of hydrogen-bond acceptors (Lipinski definition) is 5. The lowest BCUT2D eigenvalue weighted by Crippen LogP contribution is -2.62. The topological polar surface area (TPSA) is 111 Å². The highest BCUT2D eigenvalue weighted by atomic mass is 19.4. The van der Waals surface area contributed by atoms with Crippen LogP contribution in [0.2, 0.25) is 0 Å². The van der Waals surface area contributed by atoms with Crippen molar-refractivity contribution in [2.24, 2.45) is 14.1 Å². The summed E-state index contributed by atoms with van der Waals surface area (Å²) in [7, 11) is 3.37. The second kappa shape index (κ2) is 6.50. The van der Waals surface area contributed by atoms with Gasteiger partial charge in [-0.05, 0) is 18.2 Å². The molecule has 1 aromatic heterocycles. The van der Waals surface area contributed by atoms with Gasteiger partial charge < -0.3 is 15.4 Å². The van der Waals surface area contributed by atoms with Gasteiger partial charge in [0.1, 0.15) is 17.1 Å². The second-order valence-electron chi connectivity index (χ2n) is 6.32. The average Bonchev–Trinajstić information content (AvgIpc) is 2.98. The molecule has 1 aromatic carbocycles. The molecule has 1 aliphatic rings. The van der Waals surface area contributed by atoms with Crippen LogP contribution in [-0.4, -0.2) is 34.2 Å². The Hall–Kier alpha value is -3.57. The normalized spacial score (nSPS) is 18.2. The molecule has 0 spiro atoms. The molecule has 0 saturated heterocycles. The number of ether oxygens (including phenoxy) is 1. The molecule has 2 heterocycles. The van der Waals surface area contributed by atoms with E-state index in [9.17, 15) is 32.3 Å². The van der Waals surface area contributed by atoms with Crippen LogP contribution in [0.3, 0.4) is 0 Å². The number of carbonyl (C=O) groups excluding carboxylic acids is 2. The molecule has 1 atom stereocenters. The van der Waals surface area contributed by atoms with Gasteiger partial charge in [0, 0.05) is 19.7 Å². The zero-order chi connectivity index (χ0) is 21.7. The van der Waals surface area contributed by atoms with Crippen LogP contribution >= 0.6 is 0 Å². The molecule has 9 nitrogen and oxygen atoms in total. The summed E-state index contributed by atoms with van der Waals surface area (Å²) in [5.74, 6) is -3.39. The molecular formula is C17H15F3N4O5. The van der Waals surface area contributed by atoms with Crippen molar-refractivity contribution in [1.82, 2.24) is 14.5 Å². The van der Waals surface area contributed by atoms with Crippen molar-refractivity contribution in [3.8, 4) is 5.75 Å². The maximum absolute atomic E-state index is 14.2. The first-order valence-electron chi connectivity index (χ1n) is 8.11. The number of carbonyl (C=O) groups is 2. The number of fused-ring (bicyclic) bond motifs is 1. The van der Waals surface area contributed by atoms with Crippen molar-refractivity contribution in [3.63, 3.8) is 0 Å². The molecule has 2 N–H and O–H groups in total. The summed E-state index contributed by atoms with van der Waals surface area (Å²) in [5.41, 5.74) is -7.29. The Balaban J connectivity index is 2.26. The Morgan fingerprint density at radius 2 is 1.83 bits per heavy atom. The van der Waals surface area contributed by atoms with E-state index in [0.29, 0.717) is 9.13 Å². The zero-order valence-electron chi connectivity index (χ0n) is 15.4. The highest BCUT2D eigenvalue weighted by molar-refractivity contribution is 6.09. The molecule has 0 aliphatic carbocycles. The quantitative estimate of drug-likeness (QED) is 0.750. The van der Waals surface area contributed by atoms with Gasteiger partial charge in [-0.2, -0.15) is 13.2 Å². The Morgan fingerprint density at radius 1 is 1.17 bits per heavy atom. The average molecular weight is 412 g/mol. The number of benzene rings is 1. The molecule has 154 valence electrons. The van der Waals surface area contributed by atoms with Crippen molar-refractivity contribution in [3.05, 3.63) is 56.2 Å². The smallest absolute Gasteiger partial charge is 0.425 e. The molecule has 0 saturated carbocycles. The number of alkyl halides is 3. The summed E-state index contributed by atoms with van der Waals surface area (Å²) in [6.07, 6.45) is -5.39. The van der Waals surface area contributed by atoms with Gasteiger partial charge in [-0.25, -0.2) is 4.79 Å². The number of anilines is 1. The molecule has 2 amide bonds. The Kier molecular flexibility index (Phi) is 4.52. The number of amides is 2. The highest BCUT2D eigenvalue weighted by Crippen LogP contribution is 2.45. The van der Waals surface area contributed by atoms with Crippen LogP contribution in [0, 0.1) is 0 Å². The Morgan fingerprint density at radius 3 is 2.41 bits per heavy atom. The van der Waals surface area contributed by atoms with Gasteiger partial charge in [0.05, 0.1) is 7.11 Å². The molecular weight excluding hydrogens is 397 g/mol. The van der Waals surface area contributed by atoms with Crippen molar-refractivity contribution in [2.45, 2.75) is 11.7 Å². The van der Waals surface area contributed by atoms with E-state index in [0.717, 1.165) is 14.1 Å². The van der Waals surface area contributed by atoms with Crippen LogP contribution in [0.4, 0.5) is 19.0 Å². The van der Waals surface area contributed by atoms with Gasteiger partial charge in [-0.1, -0.05) is 6.07 Å². The Labute approximate surface area is 160 Å². The van der Waals surface area contributed by atoms with Crippen LogP contribution in [0.15, 0.2) is 33.9 Å². The van der Waals surface area contributed by atoms with Crippen LogP contribution in [-0.2, 0) is 24.4 Å². The summed E-state index contributed by atoms with van der Waals surface area (Å²) in [5, 5.41) is 3.56. The first kappa shape index (κ1) is 20.2. The van der Waals surface area contributed by atoms with E-state index >= 15 is 0 Å². The van der Waals surface area contributed by atoms with Gasteiger partial charge in [0.2, 0.25) is 0 Å². The van der Waals surface area contributed by atoms with Crippen LogP contribution in [0.5, 0.6) is 5.75 Å². The third-order valence-corrected chi connectivity index (χ3v) is 4.67. The molecule has 0 radical (unpaired) electrons. The van der Waals surface area contributed by atoms with Gasteiger partial charge in [0.25, 0.3) is 22.9 Å². The van der Waals surface area contributed by atoms with E-state index in [1.54, 1.807) is 5.32 Å². The van der Waals surface area contributed by atoms with Gasteiger partial charge in [-0.3, -0.25) is 23.5 Å². The minimum Gasteiger partial charge on any atom is -0.497 e. The lowest BCUT2D eigenvalue weighted by atomic mass is 9.91. The standard InChI is InChI=1S/C17H15F3N4O5/c1-23-11-10(13(26)24(2)15(23)28)16(14(27)21-11,17(18,19)20)22-12(25)8-5-4-6-9(7-8)29-3/h4-7H,1-3H3,(H,21,27)(H,22,25)/t16-/m1/s1. The number of aromatic nitrogens is 2. The number of nitrogens with zero attached hydrogens (tertiary/aromatic N) is 2. The minimum atomic E-state index is -5.39. The second-order valence-corrected chi connectivity index (χ2v) is 6.32. The molecule has 0 bridgehead atoms. The summed E-state index contributed by atoms with van der Waals surface area (Å²) >= 11 is 0. The van der Waals surface area contributed by atoms with Crippen molar-refractivity contribution in [1.29, 1.82) is 0 Å². The summed E-state index contributed by atoms with van der Waals surface area (Å²) in [6.45, 7) is 0. The maximum Gasteiger partial charge on any atom is 0.425 e. The highest BCUT2D eigenvalue weighted by Gasteiger charge is 2.68. The van der Waals surface area contributed by atoms with Gasteiger partial charge >= 0.3 is 11.9 Å². The third-order valence-electron chi connectivity index (χ3n) is 4.67. The number of hydrogen-bond donors (Lipinski definition) is 2. The molecule has 3 rings (SSSR count). The van der Waals surface area contributed by atoms with Crippen molar-refractivity contribution >= 4 is 17.6 Å². The third kappa shape index (κ3) is 2.79. The van der Waals surface area contributed by atoms with E-state index in [1.807, 2.05) is 5.32 Å². The maximum atomic E-state index is 14.2. The molecule has 12 heteroatoms. The van der Waals surface area contributed by atoms with E-state index in [1.165, 1.54) is 31.4 Å². The van der Waals surface area contributed by atoms with Gasteiger partial charge in [-0.15, -0.1) is 0 Å². The fourth-order valence-electron chi connectivity index (χ4n) is 3.11. The summed E-state index contributed by atoms with van der Waals surface area (Å²) in [4.78, 5) is 49.7. The van der Waals surface area contributed by atoms with Gasteiger partial charge in [0.15, 0.2) is 0 Å². The number of rotatable bonds is 3. The first-order chi connectivity index (χ1) is 13.5. The van der Waals surface area contributed by atoms with Crippen LogP contribution in [0.1, 0.15) is 15.9 Å². The number of nitrogens with one attached hydrogen (secondary N) is 2. The molecule has 0 unspecified atom stereocenters. The van der Waals surface area contributed by atoms with E-state index in [4.69, 9.17) is 4.74 Å². The number of methoxy groups -OCH3 is 1. The largest absolute Gasteiger partial charge is 0.497 e. The first-order valence-corrected chi connectivity index (χ1v) is 8.11. The predicted molar refractivity (Wildman–Crippen MR) is 93.7 cm³/mol. The molecule has 0 fully saturated rings. The van der Waals surface area contributed by atoms with E-state index in [-0.39, 0.29) is 11.3 Å². The van der Waals surface area contributed by atoms with E-state index in [2.05, 4.69) is 0 Å². The molecule has 1 aliphatic heterocycles. The molecule has 29 heavy (non-hydrogen) atoms. The molecule has 2 aromatic rings. The lowest BCUT2D eigenvalue weighted by molar-refractivity contribution is -0.196. The Bertz CT molecular complexity index is 1150. The van der Waals surface area contributed by atoms with Crippen LogP contribution in [0.25, 0.3) is 0 Å². The lowest BCUT2D eigenvalue weighted by Gasteiger charge is -2.30. The SMILES string of the molecule is COc1cccc(C(=O)N[C@@]2(C(F)(F)F)C(=O)Nc3c2c(=O)n(C)c(=O)n3C)c1. The fraction of sp³-hybridized carbons (Fsp3) is 0.294. The minimum absolute atomic E-state index is 0.202. The van der Waals surface area contributed by atoms with E-state index < -0.39 is 46.2 Å². The fourth-order valence-corrected chi connectivity index (χ4v) is 3.11. The summed E-state index contributed by atoms with van der Waals surface area (Å²) in [6, 6.07) is 5.24. The van der Waals surface area contributed by atoms with Crippen LogP contribution < -0.4 is 26.6 Å².